The second-order valence-corrected chi connectivity index (χ2v) is 4.02. The lowest BCUT2D eigenvalue weighted by Gasteiger charge is -2.16. The van der Waals surface area contributed by atoms with E-state index in [-0.39, 0.29) is 0 Å². The molecule has 90 valence electrons. The molecule has 2 N–H and O–H groups in total. The monoisotopic (exact) mass is 223 g/mol. The molecule has 0 aliphatic heterocycles. The lowest BCUT2D eigenvalue weighted by Crippen LogP contribution is -2.22. The number of hydrogen-bond acceptors (Lipinski definition) is 4. The van der Waals surface area contributed by atoms with Gasteiger partial charge in [0.15, 0.2) is 0 Å². The fourth-order valence-corrected chi connectivity index (χ4v) is 1.62. The van der Waals surface area contributed by atoms with Crippen LogP contribution in [0, 0.1) is 6.92 Å². The number of hydrogen-bond donors (Lipinski definition) is 1. The number of aromatic nitrogens is 1. The van der Waals surface area contributed by atoms with Crippen molar-refractivity contribution in [1.29, 1.82) is 0 Å². The van der Waals surface area contributed by atoms with E-state index in [9.17, 15) is 0 Å². The van der Waals surface area contributed by atoms with E-state index in [1.165, 1.54) is 0 Å². The van der Waals surface area contributed by atoms with Gasteiger partial charge in [0.25, 0.3) is 0 Å². The van der Waals surface area contributed by atoms with Crippen LogP contribution in [0.1, 0.15) is 17.8 Å². The van der Waals surface area contributed by atoms with Crippen molar-refractivity contribution < 1.29 is 4.74 Å². The average molecular weight is 223 g/mol. The zero-order valence-corrected chi connectivity index (χ0v) is 10.4. The number of aryl methyl sites for hydroxylation is 1. The number of methoxy groups -OCH3 is 1. The zero-order valence-electron chi connectivity index (χ0n) is 10.4. The van der Waals surface area contributed by atoms with E-state index in [1.807, 2.05) is 19.1 Å². The summed E-state index contributed by atoms with van der Waals surface area (Å²) in [5, 5.41) is 0. The van der Waals surface area contributed by atoms with E-state index >= 15 is 0 Å². The minimum atomic E-state index is 0.731. The molecule has 4 heteroatoms. The van der Waals surface area contributed by atoms with Gasteiger partial charge in [-0.25, -0.2) is 0 Å². The van der Waals surface area contributed by atoms with Crippen molar-refractivity contribution in [2.24, 2.45) is 5.73 Å². The summed E-state index contributed by atoms with van der Waals surface area (Å²) in [6.45, 7) is 4.54. The molecule has 0 aromatic carbocycles. The van der Waals surface area contributed by atoms with Gasteiger partial charge in [0.2, 0.25) is 0 Å². The highest BCUT2D eigenvalue weighted by Gasteiger charge is 2.04. The summed E-state index contributed by atoms with van der Waals surface area (Å²) >= 11 is 0. The highest BCUT2D eigenvalue weighted by Crippen LogP contribution is 2.14. The van der Waals surface area contributed by atoms with Crippen LogP contribution in [0.25, 0.3) is 0 Å². The largest absolute Gasteiger partial charge is 0.497 e. The normalized spacial score (nSPS) is 10.8. The smallest absolute Gasteiger partial charge is 0.122 e. The Morgan fingerprint density at radius 1 is 1.44 bits per heavy atom. The lowest BCUT2D eigenvalue weighted by molar-refractivity contribution is 0.319. The summed E-state index contributed by atoms with van der Waals surface area (Å²) in [6.07, 6.45) is 1.01. The van der Waals surface area contributed by atoms with Crippen molar-refractivity contribution in [1.82, 2.24) is 9.88 Å². The predicted octanol–water partition coefficient (Wildman–Crippen LogP) is 1.18. The van der Waals surface area contributed by atoms with E-state index in [4.69, 9.17) is 10.5 Å². The summed E-state index contributed by atoms with van der Waals surface area (Å²) < 4.78 is 5.22. The van der Waals surface area contributed by atoms with E-state index in [1.54, 1.807) is 7.11 Å². The highest BCUT2D eigenvalue weighted by molar-refractivity contribution is 5.26. The van der Waals surface area contributed by atoms with Gasteiger partial charge in [0.05, 0.1) is 12.8 Å². The Morgan fingerprint density at radius 2 is 2.19 bits per heavy atom. The third-order valence-electron chi connectivity index (χ3n) is 2.39. The predicted molar refractivity (Wildman–Crippen MR) is 65.5 cm³/mol. The maximum atomic E-state index is 5.48. The van der Waals surface area contributed by atoms with Gasteiger partial charge in [-0.3, -0.25) is 4.98 Å². The maximum Gasteiger partial charge on any atom is 0.122 e. The molecule has 1 aromatic heterocycles. The Kier molecular flexibility index (Phi) is 5.22. The second kappa shape index (κ2) is 6.45. The summed E-state index contributed by atoms with van der Waals surface area (Å²) in [5.74, 6) is 0.870. The van der Waals surface area contributed by atoms with Crippen LogP contribution in [0.3, 0.4) is 0 Å². The molecule has 0 unspecified atom stereocenters. The van der Waals surface area contributed by atoms with E-state index < -0.39 is 0 Å². The molecule has 1 rings (SSSR count). The quantitative estimate of drug-likeness (QED) is 0.787. The number of nitrogens with two attached hydrogens (primary N) is 1. The molecule has 0 aliphatic rings. The highest BCUT2D eigenvalue weighted by atomic mass is 16.5. The number of pyridine rings is 1. The molecule has 0 aliphatic carbocycles. The third kappa shape index (κ3) is 4.16. The van der Waals surface area contributed by atoms with Crippen LogP contribution in [0.5, 0.6) is 5.75 Å². The topological polar surface area (TPSA) is 51.4 Å². The molecule has 0 radical (unpaired) electrons. The van der Waals surface area contributed by atoms with Gasteiger partial charge in [-0.2, -0.15) is 0 Å². The Hall–Kier alpha value is -1.13. The van der Waals surface area contributed by atoms with Crippen molar-refractivity contribution >= 4 is 0 Å². The summed E-state index contributed by atoms with van der Waals surface area (Å²) in [6, 6.07) is 3.91. The molecule has 0 fully saturated rings. The maximum absolute atomic E-state index is 5.48. The Morgan fingerprint density at radius 3 is 2.81 bits per heavy atom. The first-order chi connectivity index (χ1) is 7.65. The SMILES string of the molecule is COc1cc(C)nc(CN(C)CCCN)c1. The van der Waals surface area contributed by atoms with Gasteiger partial charge < -0.3 is 15.4 Å². The van der Waals surface area contributed by atoms with Gasteiger partial charge in [0, 0.05) is 24.4 Å². The minimum absolute atomic E-state index is 0.731. The summed E-state index contributed by atoms with van der Waals surface area (Å²) in [7, 11) is 3.75. The van der Waals surface area contributed by atoms with Gasteiger partial charge in [-0.1, -0.05) is 0 Å². The second-order valence-electron chi connectivity index (χ2n) is 4.02. The first-order valence-corrected chi connectivity index (χ1v) is 5.56. The molecule has 1 aromatic rings. The van der Waals surface area contributed by atoms with Crippen molar-refractivity contribution in [2.45, 2.75) is 19.9 Å². The molecule has 4 nitrogen and oxygen atoms in total. The van der Waals surface area contributed by atoms with Gasteiger partial charge in [0.1, 0.15) is 5.75 Å². The van der Waals surface area contributed by atoms with Crippen LogP contribution in [0.4, 0.5) is 0 Å². The van der Waals surface area contributed by atoms with Gasteiger partial charge >= 0.3 is 0 Å². The Balaban J connectivity index is 2.61. The molecule has 0 saturated carbocycles. The average Bonchev–Trinajstić information content (AvgIpc) is 2.25. The standard InChI is InChI=1S/C12H21N3O/c1-10-7-12(16-3)8-11(14-10)9-15(2)6-4-5-13/h7-8H,4-6,9,13H2,1-3H3. The van der Waals surface area contributed by atoms with E-state index in [2.05, 4.69) is 16.9 Å². The Bertz CT molecular complexity index is 328. The first kappa shape index (κ1) is 12.9. The van der Waals surface area contributed by atoms with Crippen molar-refractivity contribution in [3.8, 4) is 5.75 Å². The molecule has 0 bridgehead atoms. The first-order valence-electron chi connectivity index (χ1n) is 5.56. The number of rotatable bonds is 6. The molecule has 1 heterocycles. The third-order valence-corrected chi connectivity index (χ3v) is 2.39. The number of ether oxygens (including phenoxy) is 1. The van der Waals surface area contributed by atoms with E-state index in [0.717, 1.165) is 43.2 Å². The number of nitrogens with zero attached hydrogens (tertiary/aromatic N) is 2. The minimum Gasteiger partial charge on any atom is -0.497 e. The fourth-order valence-electron chi connectivity index (χ4n) is 1.62. The molecule has 16 heavy (non-hydrogen) atoms. The van der Waals surface area contributed by atoms with Crippen LogP contribution in [-0.2, 0) is 6.54 Å². The summed E-state index contributed by atoms with van der Waals surface area (Å²) in [5.41, 5.74) is 7.50. The van der Waals surface area contributed by atoms with Crippen molar-refractivity contribution in [3.63, 3.8) is 0 Å². The van der Waals surface area contributed by atoms with E-state index in [0.29, 0.717) is 0 Å². The Labute approximate surface area is 97.4 Å². The van der Waals surface area contributed by atoms with Gasteiger partial charge in [-0.15, -0.1) is 0 Å². The zero-order chi connectivity index (χ0) is 12.0. The molecule has 0 atom stereocenters. The molecule has 0 spiro atoms. The molecular weight excluding hydrogens is 202 g/mol. The van der Waals surface area contributed by atoms with Crippen LogP contribution >= 0.6 is 0 Å². The van der Waals surface area contributed by atoms with Crippen LogP contribution < -0.4 is 10.5 Å². The van der Waals surface area contributed by atoms with Crippen LogP contribution in [0.15, 0.2) is 12.1 Å². The summed E-state index contributed by atoms with van der Waals surface area (Å²) in [4.78, 5) is 6.69. The van der Waals surface area contributed by atoms with Crippen LogP contribution in [-0.4, -0.2) is 37.1 Å². The lowest BCUT2D eigenvalue weighted by atomic mass is 10.2. The molecule has 0 amide bonds. The van der Waals surface area contributed by atoms with Crippen molar-refractivity contribution in [3.05, 3.63) is 23.5 Å². The molecular formula is C12H21N3O. The van der Waals surface area contributed by atoms with Gasteiger partial charge in [-0.05, 0) is 33.5 Å². The van der Waals surface area contributed by atoms with Crippen molar-refractivity contribution in [2.75, 3.05) is 27.2 Å². The van der Waals surface area contributed by atoms with Crippen LogP contribution in [0.2, 0.25) is 0 Å². The molecule has 0 saturated heterocycles. The fraction of sp³-hybridized carbons (Fsp3) is 0.583.